The van der Waals surface area contributed by atoms with Crippen LogP contribution in [0.5, 0.6) is 5.75 Å². The molecule has 1 aromatic carbocycles. The maximum atomic E-state index is 11.7. The van der Waals surface area contributed by atoms with Gasteiger partial charge in [0.25, 0.3) is 0 Å². The van der Waals surface area contributed by atoms with Crippen LogP contribution in [0.2, 0.25) is 0 Å². The summed E-state index contributed by atoms with van der Waals surface area (Å²) in [5.74, 6) is -1.27. The minimum atomic E-state index is -1.14. The Morgan fingerprint density at radius 1 is 0.968 bits per heavy atom. The summed E-state index contributed by atoms with van der Waals surface area (Å²) in [4.78, 5) is 46.2. The van der Waals surface area contributed by atoms with Crippen LogP contribution in [0.1, 0.15) is 20.8 Å². The molecular formula is C20H21NO9S. The van der Waals surface area contributed by atoms with Gasteiger partial charge in [0, 0.05) is 44.2 Å². The van der Waals surface area contributed by atoms with Gasteiger partial charge < -0.3 is 24.1 Å². The lowest BCUT2D eigenvalue weighted by Gasteiger charge is -2.39. The van der Waals surface area contributed by atoms with E-state index in [0.717, 1.165) is 4.57 Å². The van der Waals surface area contributed by atoms with Crippen molar-refractivity contribution in [2.24, 2.45) is 0 Å². The number of ether oxygens (including phenoxy) is 4. The standard InChI is InChI=1S/C20H21NO9S/c1-10(22)27-16-9-31-19(18(29-12(3)24)17(16)28-11(2)23)30-14-5-4-13-6-7-21(20(25)26)15(13)8-14/h4-8,16-19H,9H2,1-3H3,(H,25,26)/t16-,17+,18-,19-/m1/s1. The van der Waals surface area contributed by atoms with Gasteiger partial charge >= 0.3 is 24.0 Å². The van der Waals surface area contributed by atoms with E-state index < -0.39 is 47.7 Å². The molecule has 2 heterocycles. The predicted octanol–water partition coefficient (Wildman–Crippen LogP) is 2.41. The molecule has 1 fully saturated rings. The summed E-state index contributed by atoms with van der Waals surface area (Å²) in [5, 5.41) is 10.0. The van der Waals surface area contributed by atoms with Crippen LogP contribution >= 0.6 is 11.8 Å². The molecule has 166 valence electrons. The third kappa shape index (κ3) is 5.29. The van der Waals surface area contributed by atoms with Crippen LogP contribution in [-0.4, -0.2) is 63.2 Å². The van der Waals surface area contributed by atoms with Gasteiger partial charge in [0.05, 0.1) is 5.52 Å². The molecule has 0 radical (unpaired) electrons. The molecule has 0 spiro atoms. The topological polar surface area (TPSA) is 130 Å². The zero-order chi connectivity index (χ0) is 22.7. The molecule has 3 rings (SSSR count). The molecule has 10 nitrogen and oxygen atoms in total. The first-order valence-corrected chi connectivity index (χ1v) is 10.3. The molecule has 0 bridgehead atoms. The summed E-state index contributed by atoms with van der Waals surface area (Å²) in [5.41, 5.74) is -0.380. The Hall–Kier alpha value is -3.21. The fourth-order valence-corrected chi connectivity index (χ4v) is 4.51. The highest BCUT2D eigenvalue weighted by atomic mass is 32.2. The Labute approximate surface area is 181 Å². The Bertz CT molecular complexity index is 1020. The van der Waals surface area contributed by atoms with Crippen LogP contribution in [0.15, 0.2) is 30.5 Å². The molecular weight excluding hydrogens is 430 g/mol. The summed E-state index contributed by atoms with van der Waals surface area (Å²) < 4.78 is 23.0. The van der Waals surface area contributed by atoms with E-state index in [4.69, 9.17) is 18.9 Å². The van der Waals surface area contributed by atoms with E-state index in [1.165, 1.54) is 38.7 Å². The summed E-state index contributed by atoms with van der Waals surface area (Å²) in [6.45, 7) is 3.63. The van der Waals surface area contributed by atoms with Crippen molar-refractivity contribution < 1.29 is 43.2 Å². The first kappa shape index (κ1) is 22.5. The third-order valence-electron chi connectivity index (χ3n) is 4.43. The maximum Gasteiger partial charge on any atom is 0.416 e. The van der Waals surface area contributed by atoms with E-state index >= 15 is 0 Å². The highest BCUT2D eigenvalue weighted by molar-refractivity contribution is 7.99. The summed E-state index contributed by atoms with van der Waals surface area (Å²) in [7, 11) is 0. The zero-order valence-electron chi connectivity index (χ0n) is 17.0. The Kier molecular flexibility index (Phi) is 6.74. The van der Waals surface area contributed by atoms with Gasteiger partial charge in [-0.1, -0.05) is 0 Å². The number of fused-ring (bicyclic) bond motifs is 1. The van der Waals surface area contributed by atoms with Gasteiger partial charge in [-0.15, -0.1) is 11.8 Å². The number of carboxylic acid groups (broad SMARTS) is 1. The average molecular weight is 451 g/mol. The normalized spacial score (nSPS) is 23.1. The lowest BCUT2D eigenvalue weighted by molar-refractivity contribution is -0.186. The molecule has 4 atom stereocenters. The van der Waals surface area contributed by atoms with E-state index in [9.17, 15) is 24.3 Å². The average Bonchev–Trinajstić information content (AvgIpc) is 3.08. The van der Waals surface area contributed by atoms with Crippen LogP contribution in [0.4, 0.5) is 4.79 Å². The molecule has 1 aromatic heterocycles. The summed E-state index contributed by atoms with van der Waals surface area (Å²) in [6.07, 6.45) is -2.68. The highest BCUT2D eigenvalue weighted by Crippen LogP contribution is 2.35. The molecule has 31 heavy (non-hydrogen) atoms. The number of thioether (sulfide) groups is 1. The zero-order valence-corrected chi connectivity index (χ0v) is 17.8. The van der Waals surface area contributed by atoms with Crippen LogP contribution in [0, 0.1) is 0 Å². The minimum absolute atomic E-state index is 0.230. The van der Waals surface area contributed by atoms with Gasteiger partial charge in [0.1, 0.15) is 5.75 Å². The fraction of sp³-hybridized carbons (Fsp3) is 0.400. The molecule has 0 unspecified atom stereocenters. The number of hydrogen-bond acceptors (Lipinski definition) is 9. The molecule has 2 aromatic rings. The molecule has 1 saturated heterocycles. The lowest BCUT2D eigenvalue weighted by atomic mass is 10.1. The van der Waals surface area contributed by atoms with E-state index in [1.807, 2.05) is 0 Å². The number of aromatic nitrogens is 1. The second-order valence-corrected chi connectivity index (χ2v) is 7.94. The lowest BCUT2D eigenvalue weighted by Crippen LogP contribution is -2.55. The Morgan fingerprint density at radius 2 is 1.61 bits per heavy atom. The van der Waals surface area contributed by atoms with Gasteiger partial charge in [0.2, 0.25) is 0 Å². The van der Waals surface area contributed by atoms with Crippen molar-refractivity contribution in [1.29, 1.82) is 0 Å². The quantitative estimate of drug-likeness (QED) is 0.534. The number of esters is 3. The van der Waals surface area contributed by atoms with Crippen molar-refractivity contribution in [3.63, 3.8) is 0 Å². The summed E-state index contributed by atoms with van der Waals surface area (Å²) >= 11 is 1.22. The minimum Gasteiger partial charge on any atom is -0.476 e. The van der Waals surface area contributed by atoms with Crippen molar-refractivity contribution in [2.45, 2.75) is 44.5 Å². The molecule has 1 N–H and O–H groups in total. The van der Waals surface area contributed by atoms with Gasteiger partial charge in [-0.25, -0.2) is 4.79 Å². The van der Waals surface area contributed by atoms with E-state index in [1.54, 1.807) is 24.3 Å². The van der Waals surface area contributed by atoms with Crippen molar-refractivity contribution in [3.8, 4) is 5.75 Å². The molecule has 0 amide bonds. The number of nitrogens with zero attached hydrogens (tertiary/aromatic N) is 1. The van der Waals surface area contributed by atoms with Gasteiger partial charge in [0.15, 0.2) is 23.7 Å². The molecule has 1 aliphatic heterocycles. The van der Waals surface area contributed by atoms with Crippen LogP contribution < -0.4 is 4.74 Å². The Morgan fingerprint density at radius 3 is 2.23 bits per heavy atom. The largest absolute Gasteiger partial charge is 0.476 e. The number of benzene rings is 1. The monoisotopic (exact) mass is 451 g/mol. The van der Waals surface area contributed by atoms with Crippen LogP contribution in [-0.2, 0) is 28.6 Å². The van der Waals surface area contributed by atoms with Crippen LogP contribution in [0.25, 0.3) is 10.9 Å². The first-order valence-electron chi connectivity index (χ1n) is 9.30. The van der Waals surface area contributed by atoms with E-state index in [-0.39, 0.29) is 5.75 Å². The third-order valence-corrected chi connectivity index (χ3v) is 5.64. The SMILES string of the molecule is CC(=O)O[C@@H]1[C@@H](OC(C)=O)[C@H](OC(C)=O)CS[C@H]1Oc1ccc2ccn(C(=O)O)c2c1. The summed E-state index contributed by atoms with van der Waals surface area (Å²) in [6, 6.07) is 6.56. The van der Waals surface area contributed by atoms with Crippen LogP contribution in [0.3, 0.4) is 0 Å². The van der Waals surface area contributed by atoms with Crippen molar-refractivity contribution >= 4 is 46.7 Å². The van der Waals surface area contributed by atoms with Crippen molar-refractivity contribution in [1.82, 2.24) is 4.57 Å². The molecule has 0 saturated carbocycles. The molecule has 1 aliphatic rings. The number of rotatable bonds is 5. The van der Waals surface area contributed by atoms with Crippen molar-refractivity contribution in [3.05, 3.63) is 30.5 Å². The van der Waals surface area contributed by atoms with Gasteiger partial charge in [-0.2, -0.15) is 0 Å². The first-order chi connectivity index (χ1) is 14.7. The fourth-order valence-electron chi connectivity index (χ4n) is 3.29. The smallest absolute Gasteiger partial charge is 0.416 e. The molecule has 0 aliphatic carbocycles. The predicted molar refractivity (Wildman–Crippen MR) is 109 cm³/mol. The Balaban J connectivity index is 1.91. The number of carbonyl (C=O) groups is 4. The van der Waals surface area contributed by atoms with Crippen molar-refractivity contribution in [2.75, 3.05) is 5.75 Å². The highest BCUT2D eigenvalue weighted by Gasteiger charge is 2.47. The number of carbonyl (C=O) groups excluding carboxylic acids is 3. The second kappa shape index (κ2) is 9.29. The molecule has 11 heteroatoms. The van der Waals surface area contributed by atoms with Gasteiger partial charge in [-0.05, 0) is 18.2 Å². The van der Waals surface area contributed by atoms with E-state index in [2.05, 4.69) is 0 Å². The van der Waals surface area contributed by atoms with E-state index in [0.29, 0.717) is 16.7 Å². The van der Waals surface area contributed by atoms with Gasteiger partial charge in [-0.3, -0.25) is 19.0 Å². The second-order valence-electron chi connectivity index (χ2n) is 6.80. The number of hydrogen-bond donors (Lipinski definition) is 1. The maximum absolute atomic E-state index is 11.7.